The molecule has 2 N–H and O–H groups in total. The third-order valence-corrected chi connectivity index (χ3v) is 7.85. The third kappa shape index (κ3) is 4.08. The Morgan fingerprint density at radius 3 is 2.52 bits per heavy atom. The summed E-state index contributed by atoms with van der Waals surface area (Å²) in [5, 5.41) is 6.82. The van der Waals surface area contributed by atoms with Gasteiger partial charge in [0.25, 0.3) is 0 Å². The molecule has 0 aliphatic carbocycles. The molecule has 0 bridgehead atoms. The fraction of sp³-hybridized carbons (Fsp3) is 0.708. The lowest BCUT2D eigenvalue weighted by atomic mass is 9.87. The van der Waals surface area contributed by atoms with Crippen LogP contribution in [0.4, 0.5) is 4.39 Å². The summed E-state index contributed by atoms with van der Waals surface area (Å²) in [4.78, 5) is 15.6. The van der Waals surface area contributed by atoms with Crippen molar-refractivity contribution in [2.24, 2.45) is 13.0 Å². The molecule has 3 fully saturated rings. The molecule has 3 aliphatic heterocycles. The second kappa shape index (κ2) is 9.04. The minimum atomic E-state index is -0.184. The lowest BCUT2D eigenvalue weighted by molar-refractivity contribution is 0.166. The number of likely N-dealkylation sites (tertiary alicyclic amines) is 1. The second-order valence-electron chi connectivity index (χ2n) is 9.82. The van der Waals surface area contributed by atoms with Crippen molar-refractivity contribution in [1.29, 1.82) is 0 Å². The van der Waals surface area contributed by atoms with Crippen LogP contribution in [0.1, 0.15) is 56.0 Å². The zero-order valence-electron chi connectivity index (χ0n) is 18.7. The Morgan fingerprint density at radius 2 is 1.81 bits per heavy atom. The van der Waals surface area contributed by atoms with E-state index in [0.29, 0.717) is 5.52 Å². The first-order valence-corrected chi connectivity index (χ1v) is 12.2. The smallest absolute Gasteiger partial charge is 0.317 e. The van der Waals surface area contributed by atoms with Gasteiger partial charge in [-0.1, -0.05) is 6.07 Å². The minimum Gasteiger partial charge on any atom is -0.317 e. The molecule has 0 saturated carbocycles. The number of hydrogen-bond donors (Lipinski definition) is 2. The molecule has 1 aromatic heterocycles. The van der Waals surface area contributed by atoms with Crippen LogP contribution >= 0.6 is 0 Å². The zero-order chi connectivity index (χ0) is 21.4. The molecule has 0 spiro atoms. The Balaban J connectivity index is 1.34. The van der Waals surface area contributed by atoms with Crippen molar-refractivity contribution in [1.82, 2.24) is 24.7 Å². The Kier molecular flexibility index (Phi) is 6.17. The van der Waals surface area contributed by atoms with Crippen LogP contribution in [0.3, 0.4) is 0 Å². The normalized spacial score (nSPS) is 24.8. The molecule has 7 heteroatoms. The van der Waals surface area contributed by atoms with Gasteiger partial charge in [0.1, 0.15) is 5.52 Å². The Labute approximate surface area is 183 Å². The van der Waals surface area contributed by atoms with Crippen LogP contribution < -0.4 is 16.3 Å². The number of hydrogen-bond acceptors (Lipinski definition) is 4. The van der Waals surface area contributed by atoms with Gasteiger partial charge in [-0.3, -0.25) is 9.13 Å². The zero-order valence-corrected chi connectivity index (χ0v) is 18.7. The number of halogens is 1. The van der Waals surface area contributed by atoms with Crippen LogP contribution in [0.2, 0.25) is 0 Å². The predicted molar refractivity (Wildman–Crippen MR) is 122 cm³/mol. The van der Waals surface area contributed by atoms with E-state index in [4.69, 9.17) is 0 Å². The van der Waals surface area contributed by atoms with E-state index >= 15 is 4.39 Å². The molecular formula is C24H36FN5O. The number of aryl methyl sites for hydroxylation is 1. The quantitative estimate of drug-likeness (QED) is 0.785. The van der Waals surface area contributed by atoms with Gasteiger partial charge in [0.15, 0.2) is 5.82 Å². The van der Waals surface area contributed by atoms with E-state index in [0.717, 1.165) is 81.9 Å². The summed E-state index contributed by atoms with van der Waals surface area (Å²) in [6, 6.07) is 4.05. The highest BCUT2D eigenvalue weighted by atomic mass is 19.1. The van der Waals surface area contributed by atoms with Crippen molar-refractivity contribution in [3.63, 3.8) is 0 Å². The highest BCUT2D eigenvalue weighted by Gasteiger charge is 2.28. The topological polar surface area (TPSA) is 54.2 Å². The first-order valence-electron chi connectivity index (χ1n) is 12.2. The van der Waals surface area contributed by atoms with Crippen LogP contribution in [0.25, 0.3) is 11.0 Å². The summed E-state index contributed by atoms with van der Waals surface area (Å²) in [5.41, 5.74) is 1.91. The van der Waals surface area contributed by atoms with Crippen LogP contribution in [-0.4, -0.2) is 59.8 Å². The van der Waals surface area contributed by atoms with Crippen LogP contribution in [0.15, 0.2) is 16.9 Å². The van der Waals surface area contributed by atoms with Crippen LogP contribution in [-0.2, 0) is 7.05 Å². The van der Waals surface area contributed by atoms with E-state index in [1.54, 1.807) is 7.05 Å². The number of nitrogens with zero attached hydrogens (tertiary/aromatic N) is 3. The largest absolute Gasteiger partial charge is 0.329 e. The number of imidazole rings is 1. The third-order valence-electron chi connectivity index (χ3n) is 7.85. The van der Waals surface area contributed by atoms with Crippen molar-refractivity contribution < 1.29 is 4.39 Å². The molecule has 2 aromatic rings. The molecule has 1 aromatic carbocycles. The Hall–Kier alpha value is -1.70. The fourth-order valence-electron chi connectivity index (χ4n) is 6.02. The standard InChI is InChI=1S/C24H36FN5O/c1-28-23-21(30(24(28)31)19-3-2-10-27-15-19)5-4-20(22(23)25)18-8-13-29(14-9-18)16-17-6-11-26-12-7-17/h4-5,17-19,26-27H,2-3,6-16H2,1H3. The number of rotatable bonds is 4. The SMILES string of the molecule is Cn1c(=O)n(C2CCCNC2)c2ccc(C3CCN(CC4CCNCC4)CC3)c(F)c21. The van der Waals surface area contributed by atoms with Crippen molar-refractivity contribution in [3.05, 3.63) is 34.0 Å². The predicted octanol–water partition coefficient (Wildman–Crippen LogP) is 2.58. The van der Waals surface area contributed by atoms with Crippen LogP contribution in [0.5, 0.6) is 0 Å². The highest BCUT2D eigenvalue weighted by Crippen LogP contribution is 2.34. The van der Waals surface area contributed by atoms with Gasteiger partial charge in [-0.05, 0) is 94.7 Å². The molecule has 0 amide bonds. The van der Waals surface area contributed by atoms with Crippen molar-refractivity contribution >= 4 is 11.0 Å². The first-order chi connectivity index (χ1) is 15.1. The van der Waals surface area contributed by atoms with Gasteiger partial charge in [0.05, 0.1) is 11.6 Å². The second-order valence-corrected chi connectivity index (χ2v) is 9.82. The van der Waals surface area contributed by atoms with Crippen molar-refractivity contribution in [3.8, 4) is 0 Å². The molecule has 3 aliphatic rings. The summed E-state index contributed by atoms with van der Waals surface area (Å²) in [6.45, 7) is 7.31. The average Bonchev–Trinajstić information content (AvgIpc) is 3.07. The van der Waals surface area contributed by atoms with E-state index in [1.165, 1.54) is 24.0 Å². The van der Waals surface area contributed by atoms with Gasteiger partial charge in [0.2, 0.25) is 0 Å². The lowest BCUT2D eigenvalue weighted by Gasteiger charge is -2.35. The number of aromatic nitrogens is 2. The molecule has 5 rings (SSSR count). The van der Waals surface area contributed by atoms with E-state index in [1.807, 2.05) is 16.7 Å². The number of fused-ring (bicyclic) bond motifs is 1. The number of nitrogens with one attached hydrogen (secondary N) is 2. The summed E-state index contributed by atoms with van der Waals surface area (Å²) in [7, 11) is 1.71. The molecule has 3 saturated heterocycles. The molecular weight excluding hydrogens is 393 g/mol. The molecule has 31 heavy (non-hydrogen) atoms. The maximum absolute atomic E-state index is 15.7. The van der Waals surface area contributed by atoms with Crippen LogP contribution in [0, 0.1) is 11.7 Å². The number of benzene rings is 1. The molecule has 6 nitrogen and oxygen atoms in total. The summed E-state index contributed by atoms with van der Waals surface area (Å²) >= 11 is 0. The maximum Gasteiger partial charge on any atom is 0.329 e. The maximum atomic E-state index is 15.7. The van der Waals surface area contributed by atoms with Gasteiger partial charge >= 0.3 is 5.69 Å². The van der Waals surface area contributed by atoms with E-state index in [9.17, 15) is 4.79 Å². The molecule has 1 atom stereocenters. The van der Waals surface area contributed by atoms with E-state index < -0.39 is 0 Å². The lowest BCUT2D eigenvalue weighted by Crippen LogP contribution is -2.40. The monoisotopic (exact) mass is 429 g/mol. The Bertz CT molecular complexity index is 962. The van der Waals surface area contributed by atoms with Crippen molar-refractivity contribution in [2.75, 3.05) is 45.8 Å². The summed E-state index contributed by atoms with van der Waals surface area (Å²) < 4.78 is 19.1. The molecule has 0 radical (unpaired) electrons. The van der Waals surface area contributed by atoms with E-state index in [2.05, 4.69) is 15.5 Å². The van der Waals surface area contributed by atoms with Gasteiger partial charge in [-0.25, -0.2) is 9.18 Å². The minimum absolute atomic E-state index is 0.100. The average molecular weight is 430 g/mol. The van der Waals surface area contributed by atoms with Gasteiger partial charge in [-0.15, -0.1) is 0 Å². The van der Waals surface area contributed by atoms with E-state index in [-0.39, 0.29) is 23.5 Å². The van der Waals surface area contributed by atoms with Gasteiger partial charge < -0.3 is 15.5 Å². The highest BCUT2D eigenvalue weighted by molar-refractivity contribution is 5.78. The molecule has 170 valence electrons. The Morgan fingerprint density at radius 1 is 1.03 bits per heavy atom. The fourth-order valence-corrected chi connectivity index (χ4v) is 6.02. The van der Waals surface area contributed by atoms with Crippen molar-refractivity contribution in [2.45, 2.75) is 50.5 Å². The van der Waals surface area contributed by atoms with Gasteiger partial charge in [0, 0.05) is 20.1 Å². The molecule has 1 unspecified atom stereocenters. The number of piperidine rings is 3. The first kappa shape index (κ1) is 21.2. The van der Waals surface area contributed by atoms with Gasteiger partial charge in [-0.2, -0.15) is 0 Å². The summed E-state index contributed by atoms with van der Waals surface area (Å²) in [5.74, 6) is 0.856. The summed E-state index contributed by atoms with van der Waals surface area (Å²) in [6.07, 6.45) is 6.54. The molecule has 4 heterocycles.